The summed E-state index contributed by atoms with van der Waals surface area (Å²) < 4.78 is 2.78. The van der Waals surface area contributed by atoms with Crippen LogP contribution >= 0.6 is 15.9 Å². The lowest BCUT2D eigenvalue weighted by atomic mass is 10.2. The normalized spacial score (nSPS) is 10.8. The van der Waals surface area contributed by atoms with E-state index in [1.54, 1.807) is 6.20 Å². The molecule has 0 aromatic carbocycles. The number of aromatic nitrogens is 2. The van der Waals surface area contributed by atoms with Crippen molar-refractivity contribution in [3.05, 3.63) is 28.0 Å². The smallest absolute Gasteiger partial charge is 0.166 e. The van der Waals surface area contributed by atoms with Gasteiger partial charge in [0.1, 0.15) is 5.65 Å². The first-order valence-corrected chi connectivity index (χ1v) is 5.00. The summed E-state index contributed by atoms with van der Waals surface area (Å²) in [6.45, 7) is 1.93. The Kier molecular flexibility index (Phi) is 2.15. The van der Waals surface area contributed by atoms with Gasteiger partial charge in [0.05, 0.1) is 5.69 Å². The van der Waals surface area contributed by atoms with Crippen molar-refractivity contribution in [3.8, 4) is 0 Å². The number of carbonyl (C=O) groups is 1. The molecule has 0 unspecified atom stereocenters. The fraction of sp³-hybridized carbons (Fsp3) is 0.200. The van der Waals surface area contributed by atoms with Crippen molar-refractivity contribution in [2.45, 2.75) is 6.92 Å². The zero-order valence-corrected chi connectivity index (χ0v) is 9.50. The third-order valence-electron chi connectivity index (χ3n) is 2.43. The molecule has 72 valence electrons. The van der Waals surface area contributed by atoms with Gasteiger partial charge in [0.25, 0.3) is 0 Å². The minimum absolute atomic E-state index is 0.680. The molecule has 0 N–H and O–H groups in total. The van der Waals surface area contributed by atoms with Crippen LogP contribution in [0.5, 0.6) is 0 Å². The van der Waals surface area contributed by atoms with Crippen molar-refractivity contribution < 1.29 is 4.79 Å². The average Bonchev–Trinajstić information content (AvgIpc) is 2.41. The second-order valence-electron chi connectivity index (χ2n) is 3.18. The molecule has 0 atom stereocenters. The quantitative estimate of drug-likeness (QED) is 0.731. The number of carbonyl (C=O) groups excluding carboxylic acids is 1. The van der Waals surface area contributed by atoms with Crippen molar-refractivity contribution in [2.24, 2.45) is 7.05 Å². The van der Waals surface area contributed by atoms with E-state index in [2.05, 4.69) is 20.9 Å². The molecule has 14 heavy (non-hydrogen) atoms. The average molecular weight is 253 g/mol. The van der Waals surface area contributed by atoms with Gasteiger partial charge in [-0.05, 0) is 34.5 Å². The Morgan fingerprint density at radius 1 is 1.57 bits per heavy atom. The molecule has 2 heterocycles. The fourth-order valence-corrected chi connectivity index (χ4v) is 2.28. The zero-order valence-electron chi connectivity index (χ0n) is 7.91. The third-order valence-corrected chi connectivity index (χ3v) is 3.09. The van der Waals surface area contributed by atoms with Crippen LogP contribution in [0.1, 0.15) is 16.1 Å². The van der Waals surface area contributed by atoms with Crippen LogP contribution in [0, 0.1) is 6.92 Å². The van der Waals surface area contributed by atoms with Crippen LogP contribution in [-0.4, -0.2) is 15.8 Å². The van der Waals surface area contributed by atoms with E-state index in [0.717, 1.165) is 27.4 Å². The molecule has 0 fully saturated rings. The number of hydrogen-bond acceptors (Lipinski definition) is 2. The minimum atomic E-state index is 0.680. The van der Waals surface area contributed by atoms with Gasteiger partial charge < -0.3 is 4.57 Å². The lowest BCUT2D eigenvalue weighted by Gasteiger charge is -1.96. The highest BCUT2D eigenvalue weighted by molar-refractivity contribution is 9.10. The summed E-state index contributed by atoms with van der Waals surface area (Å²) in [6.07, 6.45) is 2.59. The topological polar surface area (TPSA) is 34.9 Å². The summed E-state index contributed by atoms with van der Waals surface area (Å²) in [5.41, 5.74) is 2.48. The molecule has 0 saturated carbocycles. The van der Waals surface area contributed by atoms with Crippen LogP contribution in [0.2, 0.25) is 0 Å². The molecule has 0 radical (unpaired) electrons. The number of aryl methyl sites for hydroxylation is 2. The van der Waals surface area contributed by atoms with E-state index in [-0.39, 0.29) is 0 Å². The lowest BCUT2D eigenvalue weighted by molar-refractivity contribution is 0.111. The van der Waals surface area contributed by atoms with Crippen molar-refractivity contribution in [1.29, 1.82) is 0 Å². The van der Waals surface area contributed by atoms with Crippen LogP contribution in [0.4, 0.5) is 0 Å². The first-order chi connectivity index (χ1) is 6.66. The van der Waals surface area contributed by atoms with Crippen molar-refractivity contribution in [2.75, 3.05) is 0 Å². The van der Waals surface area contributed by atoms with E-state index >= 15 is 0 Å². The third kappa shape index (κ3) is 1.10. The molecule has 3 nitrogen and oxygen atoms in total. The molecular weight excluding hydrogens is 244 g/mol. The minimum Gasteiger partial charge on any atom is -0.326 e. The molecule has 2 aromatic heterocycles. The predicted molar refractivity (Wildman–Crippen MR) is 58.5 cm³/mol. The molecule has 0 spiro atoms. The summed E-state index contributed by atoms with van der Waals surface area (Å²) in [5.74, 6) is 0. The highest BCUT2D eigenvalue weighted by Gasteiger charge is 2.13. The summed E-state index contributed by atoms with van der Waals surface area (Å²) in [5, 5.41) is 1.01. The van der Waals surface area contributed by atoms with Crippen molar-refractivity contribution in [3.63, 3.8) is 0 Å². The molecule has 4 heteroatoms. The van der Waals surface area contributed by atoms with Crippen molar-refractivity contribution in [1.82, 2.24) is 9.55 Å². The Labute approximate surface area is 89.9 Å². The maximum Gasteiger partial charge on any atom is 0.166 e. The van der Waals surface area contributed by atoms with Gasteiger partial charge in [-0.15, -0.1) is 0 Å². The Morgan fingerprint density at radius 2 is 2.29 bits per heavy atom. The molecule has 0 bridgehead atoms. The van der Waals surface area contributed by atoms with Gasteiger partial charge in [0, 0.05) is 23.1 Å². The molecular formula is C10H9BrN2O. The highest BCUT2D eigenvalue weighted by atomic mass is 79.9. The summed E-state index contributed by atoms with van der Waals surface area (Å²) >= 11 is 3.46. The van der Waals surface area contributed by atoms with Gasteiger partial charge >= 0.3 is 0 Å². The van der Waals surface area contributed by atoms with Crippen LogP contribution in [-0.2, 0) is 7.05 Å². The van der Waals surface area contributed by atoms with E-state index in [0.29, 0.717) is 5.69 Å². The van der Waals surface area contributed by atoms with Crippen LogP contribution in [0.15, 0.2) is 16.7 Å². The summed E-state index contributed by atoms with van der Waals surface area (Å²) in [7, 11) is 1.85. The van der Waals surface area contributed by atoms with Crippen molar-refractivity contribution >= 4 is 33.2 Å². The lowest BCUT2D eigenvalue weighted by Crippen LogP contribution is -1.95. The Hall–Kier alpha value is -1.16. The Balaban J connectivity index is 3.01. The van der Waals surface area contributed by atoms with Crippen LogP contribution < -0.4 is 0 Å². The number of rotatable bonds is 1. The molecule has 0 aliphatic heterocycles. The molecule has 0 amide bonds. The number of nitrogens with zero attached hydrogens (tertiary/aromatic N) is 2. The first kappa shape index (κ1) is 9.40. The fourth-order valence-electron chi connectivity index (χ4n) is 1.69. The predicted octanol–water partition coefficient (Wildman–Crippen LogP) is 2.46. The van der Waals surface area contributed by atoms with Gasteiger partial charge in [-0.25, -0.2) is 4.98 Å². The van der Waals surface area contributed by atoms with Gasteiger partial charge in [-0.1, -0.05) is 0 Å². The highest BCUT2D eigenvalue weighted by Crippen LogP contribution is 2.28. The number of fused-ring (bicyclic) bond motifs is 1. The number of aldehydes is 1. The molecule has 0 aliphatic rings. The molecule has 0 aliphatic carbocycles. The molecule has 0 saturated heterocycles. The SMILES string of the molecule is Cc1c(C=O)n(C)c2nccc(Br)c12. The zero-order chi connectivity index (χ0) is 10.3. The Bertz CT molecular complexity index is 516. The van der Waals surface area contributed by atoms with Gasteiger partial charge in [-0.2, -0.15) is 0 Å². The number of pyridine rings is 1. The summed E-state index contributed by atoms with van der Waals surface area (Å²) in [6, 6.07) is 1.88. The maximum atomic E-state index is 10.9. The largest absolute Gasteiger partial charge is 0.326 e. The van der Waals surface area contributed by atoms with E-state index in [1.807, 2.05) is 24.6 Å². The Morgan fingerprint density at radius 3 is 2.86 bits per heavy atom. The van der Waals surface area contributed by atoms with E-state index < -0.39 is 0 Å². The van der Waals surface area contributed by atoms with Gasteiger partial charge in [0.2, 0.25) is 0 Å². The maximum absolute atomic E-state index is 10.9. The van der Waals surface area contributed by atoms with E-state index in [4.69, 9.17) is 0 Å². The second kappa shape index (κ2) is 3.20. The van der Waals surface area contributed by atoms with E-state index in [9.17, 15) is 4.79 Å². The number of hydrogen-bond donors (Lipinski definition) is 0. The van der Waals surface area contributed by atoms with Crippen LogP contribution in [0.25, 0.3) is 11.0 Å². The molecule has 2 aromatic rings. The molecule has 2 rings (SSSR count). The van der Waals surface area contributed by atoms with E-state index in [1.165, 1.54) is 0 Å². The standard InChI is InChI=1S/C10H9BrN2O/c1-6-8(5-14)13(2)10-9(6)7(11)3-4-12-10/h3-5H,1-2H3. The summed E-state index contributed by atoms with van der Waals surface area (Å²) in [4.78, 5) is 15.1. The van der Waals surface area contributed by atoms with Gasteiger partial charge in [0.15, 0.2) is 6.29 Å². The second-order valence-corrected chi connectivity index (χ2v) is 4.03. The monoisotopic (exact) mass is 252 g/mol. The number of halogens is 1. The van der Waals surface area contributed by atoms with Crippen LogP contribution in [0.3, 0.4) is 0 Å². The van der Waals surface area contributed by atoms with Gasteiger partial charge in [-0.3, -0.25) is 4.79 Å². The first-order valence-electron chi connectivity index (χ1n) is 4.21.